The van der Waals surface area contributed by atoms with Crippen LogP contribution in [0.25, 0.3) is 11.2 Å². The number of halogens is 1. The van der Waals surface area contributed by atoms with Gasteiger partial charge < -0.3 is 9.67 Å². The van der Waals surface area contributed by atoms with E-state index in [0.29, 0.717) is 24.5 Å². The van der Waals surface area contributed by atoms with E-state index in [0.717, 1.165) is 26.4 Å². The lowest BCUT2D eigenvalue weighted by Gasteiger charge is -2.25. The van der Waals surface area contributed by atoms with Crippen molar-refractivity contribution in [3.8, 4) is 0 Å². The number of aromatic nitrogens is 4. The Morgan fingerprint density at radius 3 is 2.37 bits per heavy atom. The van der Waals surface area contributed by atoms with Gasteiger partial charge in [0.25, 0.3) is 5.56 Å². The smallest absolute Gasteiger partial charge is 0.332 e. The Morgan fingerprint density at radius 2 is 1.80 bits per heavy atom. The highest BCUT2D eigenvalue weighted by atomic mass is 79.9. The van der Waals surface area contributed by atoms with E-state index in [1.807, 2.05) is 38.1 Å². The molecule has 160 valence electrons. The Balaban J connectivity index is 2.34. The fourth-order valence-corrected chi connectivity index (χ4v) is 4.90. The van der Waals surface area contributed by atoms with Gasteiger partial charge in [-0.25, -0.2) is 9.78 Å². The van der Waals surface area contributed by atoms with Gasteiger partial charge in [-0.15, -0.1) is 0 Å². The van der Waals surface area contributed by atoms with E-state index in [1.54, 1.807) is 11.6 Å². The molecule has 1 N–H and O–H groups in total. The second kappa shape index (κ2) is 8.43. The molecule has 0 fully saturated rings. The predicted molar refractivity (Wildman–Crippen MR) is 120 cm³/mol. The molecule has 0 saturated carbocycles. The molecule has 0 aliphatic rings. The maximum absolute atomic E-state index is 13.0. The maximum atomic E-state index is 13.0. The third-order valence-corrected chi connectivity index (χ3v) is 7.83. The average Bonchev–Trinajstić information content (AvgIpc) is 3.08. The zero-order valence-corrected chi connectivity index (χ0v) is 19.6. The van der Waals surface area contributed by atoms with Gasteiger partial charge in [0.2, 0.25) is 0 Å². The van der Waals surface area contributed by atoms with Gasteiger partial charge >= 0.3 is 11.7 Å². The number of hydrogen-bond donors (Lipinski definition) is 1. The Hall–Kier alpha value is -2.33. The highest BCUT2D eigenvalue weighted by Crippen LogP contribution is 2.39. The number of nitrogens with zero attached hydrogens (tertiary/aromatic N) is 4. The molecule has 30 heavy (non-hydrogen) atoms. The number of imidazole rings is 1. The van der Waals surface area contributed by atoms with Crippen molar-refractivity contribution in [1.29, 1.82) is 0 Å². The number of carbonyl (C=O) groups is 1. The van der Waals surface area contributed by atoms with Crippen molar-refractivity contribution < 1.29 is 9.90 Å². The van der Waals surface area contributed by atoms with Crippen LogP contribution in [-0.4, -0.2) is 34.5 Å². The van der Waals surface area contributed by atoms with E-state index in [4.69, 9.17) is 0 Å². The van der Waals surface area contributed by atoms with Crippen molar-refractivity contribution in [1.82, 2.24) is 18.7 Å². The number of benzene rings is 1. The fraction of sp³-hybridized carbons (Fsp3) is 0.400. The van der Waals surface area contributed by atoms with Gasteiger partial charge in [-0.3, -0.25) is 18.7 Å². The summed E-state index contributed by atoms with van der Waals surface area (Å²) in [7, 11) is 2.98. The first-order valence-electron chi connectivity index (χ1n) is 9.48. The van der Waals surface area contributed by atoms with E-state index in [-0.39, 0.29) is 11.2 Å². The lowest BCUT2D eigenvalue weighted by atomic mass is 10.0. The number of carboxylic acids is 1. The van der Waals surface area contributed by atoms with Crippen LogP contribution in [0.3, 0.4) is 0 Å². The fourth-order valence-electron chi connectivity index (χ4n) is 3.36. The summed E-state index contributed by atoms with van der Waals surface area (Å²) in [6, 6.07) is 7.59. The van der Waals surface area contributed by atoms with Crippen molar-refractivity contribution in [2.75, 3.05) is 0 Å². The lowest BCUT2D eigenvalue weighted by molar-refractivity contribution is -0.140. The molecule has 10 heteroatoms. The SMILES string of the molecule is CCC(CC)(Sc1nc2c(c(=O)n(C)c(=O)n2C)n1Cc1ccccc1Br)C(=O)O. The molecule has 0 aliphatic heterocycles. The minimum Gasteiger partial charge on any atom is -0.480 e. The summed E-state index contributed by atoms with van der Waals surface area (Å²) in [5, 5.41) is 10.3. The molecule has 0 bridgehead atoms. The van der Waals surface area contributed by atoms with Crippen LogP contribution in [0.4, 0.5) is 0 Å². The number of hydrogen-bond acceptors (Lipinski definition) is 5. The zero-order valence-electron chi connectivity index (χ0n) is 17.2. The van der Waals surface area contributed by atoms with Crippen molar-refractivity contribution in [2.45, 2.75) is 43.1 Å². The van der Waals surface area contributed by atoms with Crippen molar-refractivity contribution in [3.05, 3.63) is 55.1 Å². The maximum Gasteiger partial charge on any atom is 0.332 e. The van der Waals surface area contributed by atoms with Crippen molar-refractivity contribution >= 4 is 44.8 Å². The summed E-state index contributed by atoms with van der Waals surface area (Å²) in [5.41, 5.74) is 0.468. The molecule has 0 amide bonds. The highest BCUT2D eigenvalue weighted by Gasteiger charge is 2.38. The second-order valence-corrected chi connectivity index (χ2v) is 9.26. The molecule has 0 spiro atoms. The molecule has 0 aliphatic carbocycles. The van der Waals surface area contributed by atoms with E-state index < -0.39 is 22.0 Å². The Labute approximate surface area is 185 Å². The predicted octanol–water partition coefficient (Wildman–Crippen LogP) is 2.98. The van der Waals surface area contributed by atoms with E-state index in [1.165, 1.54) is 11.6 Å². The lowest BCUT2D eigenvalue weighted by Crippen LogP contribution is -2.37. The monoisotopic (exact) mass is 494 g/mol. The van der Waals surface area contributed by atoms with Gasteiger partial charge in [0, 0.05) is 18.6 Å². The Bertz CT molecular complexity index is 1240. The minimum absolute atomic E-state index is 0.240. The molecular formula is C20H23BrN4O4S. The van der Waals surface area contributed by atoms with Crippen LogP contribution < -0.4 is 11.2 Å². The molecule has 2 heterocycles. The summed E-state index contributed by atoms with van der Waals surface area (Å²) in [4.78, 5) is 42.1. The van der Waals surface area contributed by atoms with E-state index in [9.17, 15) is 19.5 Å². The summed E-state index contributed by atoms with van der Waals surface area (Å²) < 4.78 is 3.85. The van der Waals surface area contributed by atoms with Crippen LogP contribution in [-0.2, 0) is 25.4 Å². The average molecular weight is 495 g/mol. The molecule has 0 atom stereocenters. The van der Waals surface area contributed by atoms with Gasteiger partial charge in [0.1, 0.15) is 4.75 Å². The normalized spacial score (nSPS) is 11.9. The molecule has 0 saturated heterocycles. The van der Waals surface area contributed by atoms with Crippen molar-refractivity contribution in [2.24, 2.45) is 14.1 Å². The highest BCUT2D eigenvalue weighted by molar-refractivity contribution is 9.10. The largest absolute Gasteiger partial charge is 0.480 e. The summed E-state index contributed by atoms with van der Waals surface area (Å²) in [5.74, 6) is -0.932. The molecular weight excluding hydrogens is 472 g/mol. The van der Waals surface area contributed by atoms with E-state index >= 15 is 0 Å². The Morgan fingerprint density at radius 1 is 1.17 bits per heavy atom. The first-order valence-corrected chi connectivity index (χ1v) is 11.1. The minimum atomic E-state index is -1.09. The molecule has 2 aromatic heterocycles. The number of aryl methyl sites for hydroxylation is 1. The van der Waals surface area contributed by atoms with Crippen LogP contribution >= 0.6 is 27.7 Å². The topological polar surface area (TPSA) is 99.1 Å². The summed E-state index contributed by atoms with van der Waals surface area (Å²) >= 11 is 4.65. The first-order chi connectivity index (χ1) is 14.2. The number of carboxylic acid groups (broad SMARTS) is 1. The van der Waals surface area contributed by atoms with Gasteiger partial charge in [-0.2, -0.15) is 0 Å². The third-order valence-electron chi connectivity index (χ3n) is 5.42. The van der Waals surface area contributed by atoms with E-state index in [2.05, 4.69) is 20.9 Å². The quantitative estimate of drug-likeness (QED) is 0.506. The number of thioether (sulfide) groups is 1. The Kier molecular flexibility index (Phi) is 6.28. The van der Waals surface area contributed by atoms with Crippen LogP contribution in [0.15, 0.2) is 43.5 Å². The molecule has 8 nitrogen and oxygen atoms in total. The first kappa shape index (κ1) is 22.4. The number of aliphatic carboxylic acids is 1. The van der Waals surface area contributed by atoms with Crippen molar-refractivity contribution in [3.63, 3.8) is 0 Å². The van der Waals surface area contributed by atoms with Gasteiger partial charge in [0.15, 0.2) is 16.3 Å². The number of fused-ring (bicyclic) bond motifs is 1. The van der Waals surface area contributed by atoms with Crippen LogP contribution in [0.2, 0.25) is 0 Å². The molecule has 1 aromatic carbocycles. The van der Waals surface area contributed by atoms with Gasteiger partial charge in [-0.05, 0) is 24.5 Å². The third kappa shape index (κ3) is 3.62. The number of rotatable bonds is 7. The molecule has 0 unspecified atom stereocenters. The molecule has 3 rings (SSSR count). The van der Waals surface area contributed by atoms with Crippen LogP contribution in [0.1, 0.15) is 32.3 Å². The molecule has 3 aromatic rings. The zero-order chi connectivity index (χ0) is 22.2. The summed E-state index contributed by atoms with van der Waals surface area (Å²) in [6.45, 7) is 3.94. The van der Waals surface area contributed by atoms with Crippen LogP contribution in [0, 0.1) is 0 Å². The standard InChI is InChI=1S/C20H23BrN4O4S/c1-5-20(6-2,17(27)28)30-18-22-15-14(16(26)24(4)19(29)23(15)3)25(18)11-12-9-7-8-10-13(12)21/h7-10H,5-6,11H2,1-4H3,(H,27,28). The summed E-state index contributed by atoms with van der Waals surface area (Å²) in [6.07, 6.45) is 0.775. The molecule has 0 radical (unpaired) electrons. The van der Waals surface area contributed by atoms with Gasteiger partial charge in [0.05, 0.1) is 6.54 Å². The van der Waals surface area contributed by atoms with Crippen LogP contribution in [0.5, 0.6) is 0 Å². The van der Waals surface area contributed by atoms with Gasteiger partial charge in [-0.1, -0.05) is 59.7 Å². The second-order valence-electron chi connectivity index (χ2n) is 7.06.